The van der Waals surface area contributed by atoms with E-state index in [9.17, 15) is 4.79 Å². The van der Waals surface area contributed by atoms with Crippen molar-refractivity contribution >= 4 is 11.6 Å². The topological polar surface area (TPSA) is 76.8 Å². The lowest BCUT2D eigenvalue weighted by atomic mass is 9.65. The highest BCUT2D eigenvalue weighted by molar-refractivity contribution is 5.79. The lowest BCUT2D eigenvalue weighted by molar-refractivity contribution is -0.128. The van der Waals surface area contributed by atoms with E-state index in [1.165, 1.54) is 19.3 Å². The molecule has 0 spiro atoms. The quantitative estimate of drug-likeness (QED) is 0.812. The lowest BCUT2D eigenvalue weighted by Crippen LogP contribution is -2.50. The van der Waals surface area contributed by atoms with Crippen LogP contribution >= 0.6 is 0 Å². The van der Waals surface area contributed by atoms with Crippen LogP contribution in [0.4, 0.5) is 5.69 Å². The van der Waals surface area contributed by atoms with Crippen LogP contribution in [0.15, 0.2) is 18.2 Å². The van der Waals surface area contributed by atoms with E-state index in [0.717, 1.165) is 49.5 Å². The van der Waals surface area contributed by atoms with E-state index in [-0.39, 0.29) is 17.9 Å². The molecule has 1 aromatic rings. The van der Waals surface area contributed by atoms with E-state index >= 15 is 0 Å². The van der Waals surface area contributed by atoms with Gasteiger partial charge in [-0.1, -0.05) is 6.42 Å². The molecule has 6 heteroatoms. The molecule has 4 rings (SSSR count). The maximum atomic E-state index is 12.9. The zero-order valence-corrected chi connectivity index (χ0v) is 17.0. The zero-order chi connectivity index (χ0) is 19.7. The number of hydrogen-bond donors (Lipinski definition) is 2. The Morgan fingerprint density at radius 3 is 2.32 bits per heavy atom. The Hall–Kier alpha value is -1.95. The summed E-state index contributed by atoms with van der Waals surface area (Å²) in [6.45, 7) is 1.74. The maximum absolute atomic E-state index is 12.9. The van der Waals surface area contributed by atoms with Crippen LogP contribution in [0.5, 0.6) is 11.5 Å². The fourth-order valence-electron chi connectivity index (χ4n) is 5.41. The van der Waals surface area contributed by atoms with Crippen molar-refractivity contribution in [3.05, 3.63) is 18.2 Å². The van der Waals surface area contributed by atoms with Gasteiger partial charge in [0.05, 0.1) is 14.2 Å². The van der Waals surface area contributed by atoms with Crippen LogP contribution in [0.1, 0.15) is 38.5 Å². The summed E-state index contributed by atoms with van der Waals surface area (Å²) in [4.78, 5) is 15.2. The Morgan fingerprint density at radius 1 is 1.07 bits per heavy atom. The van der Waals surface area contributed by atoms with Crippen molar-refractivity contribution in [3.63, 3.8) is 0 Å². The molecule has 0 radical (unpaired) electrons. The summed E-state index contributed by atoms with van der Waals surface area (Å²) in [6, 6.07) is 6.43. The summed E-state index contributed by atoms with van der Waals surface area (Å²) in [5.41, 5.74) is 7.46. The number of benzene rings is 1. The molecule has 3 fully saturated rings. The molecule has 3 aliphatic rings. The lowest BCUT2D eigenvalue weighted by Gasteiger charge is -2.43. The third-order valence-corrected chi connectivity index (χ3v) is 7.02. The fraction of sp³-hybridized carbons (Fsp3) is 0.682. The number of methoxy groups -OCH3 is 2. The van der Waals surface area contributed by atoms with Gasteiger partial charge in [-0.25, -0.2) is 0 Å². The van der Waals surface area contributed by atoms with Gasteiger partial charge in [0.25, 0.3) is 0 Å². The normalized spacial score (nSPS) is 32.1. The highest BCUT2D eigenvalue weighted by Gasteiger charge is 2.41. The monoisotopic (exact) mass is 387 g/mol. The molecule has 3 N–H and O–H groups in total. The molecule has 3 unspecified atom stereocenters. The summed E-state index contributed by atoms with van der Waals surface area (Å²) in [5.74, 6) is 3.01. The molecular weight excluding hydrogens is 354 g/mol. The maximum Gasteiger partial charge on any atom is 0.223 e. The first-order valence-electron chi connectivity index (χ1n) is 10.6. The van der Waals surface area contributed by atoms with E-state index in [0.29, 0.717) is 17.9 Å². The largest absolute Gasteiger partial charge is 0.497 e. The molecule has 0 aromatic heterocycles. The first-order valence-corrected chi connectivity index (χ1v) is 10.6. The number of hydrogen-bond acceptors (Lipinski definition) is 5. The average molecular weight is 388 g/mol. The highest BCUT2D eigenvalue weighted by Crippen LogP contribution is 2.42. The Kier molecular flexibility index (Phi) is 5.67. The van der Waals surface area contributed by atoms with Gasteiger partial charge in [-0.2, -0.15) is 0 Å². The molecule has 154 valence electrons. The number of carbonyl (C=O) groups excluding carboxylic acids is 1. The van der Waals surface area contributed by atoms with Gasteiger partial charge in [0.2, 0.25) is 5.91 Å². The Bertz CT molecular complexity index is 674. The second-order valence-electron chi connectivity index (χ2n) is 8.71. The average Bonchev–Trinajstić information content (AvgIpc) is 3.15. The van der Waals surface area contributed by atoms with Gasteiger partial charge in [-0.05, 0) is 43.9 Å². The van der Waals surface area contributed by atoms with E-state index in [1.807, 2.05) is 18.2 Å². The van der Waals surface area contributed by atoms with Gasteiger partial charge in [0.1, 0.15) is 11.5 Å². The molecule has 2 aliphatic carbocycles. The van der Waals surface area contributed by atoms with Crippen LogP contribution in [-0.2, 0) is 4.79 Å². The summed E-state index contributed by atoms with van der Waals surface area (Å²) >= 11 is 0. The molecule has 1 aliphatic heterocycles. The van der Waals surface area contributed by atoms with Gasteiger partial charge in [0, 0.05) is 55.0 Å². The summed E-state index contributed by atoms with van der Waals surface area (Å²) in [5, 5.41) is 3.33. The van der Waals surface area contributed by atoms with Crippen LogP contribution in [0.2, 0.25) is 0 Å². The number of nitrogens with one attached hydrogen (secondary N) is 1. The van der Waals surface area contributed by atoms with Gasteiger partial charge < -0.3 is 25.4 Å². The second kappa shape index (κ2) is 8.19. The van der Waals surface area contributed by atoms with Gasteiger partial charge in [0.15, 0.2) is 0 Å². The molecule has 1 aromatic carbocycles. The van der Waals surface area contributed by atoms with Crippen molar-refractivity contribution in [2.45, 2.75) is 50.6 Å². The van der Waals surface area contributed by atoms with E-state index in [1.54, 1.807) is 14.2 Å². The first-order chi connectivity index (χ1) is 13.6. The number of rotatable bonds is 5. The van der Waals surface area contributed by atoms with Crippen molar-refractivity contribution in [3.8, 4) is 11.5 Å². The van der Waals surface area contributed by atoms with E-state index in [4.69, 9.17) is 15.2 Å². The molecule has 1 saturated heterocycles. The molecule has 2 bridgehead atoms. The fourth-order valence-corrected chi connectivity index (χ4v) is 5.41. The number of nitrogens with zero attached hydrogens (tertiary/aromatic N) is 1. The van der Waals surface area contributed by atoms with Gasteiger partial charge >= 0.3 is 0 Å². The van der Waals surface area contributed by atoms with Crippen molar-refractivity contribution in [2.24, 2.45) is 23.5 Å². The minimum atomic E-state index is 0.140. The van der Waals surface area contributed by atoms with Crippen LogP contribution in [0.25, 0.3) is 0 Å². The Labute approximate surface area is 167 Å². The minimum absolute atomic E-state index is 0.140. The summed E-state index contributed by atoms with van der Waals surface area (Å²) in [7, 11) is 3.33. The van der Waals surface area contributed by atoms with Crippen LogP contribution in [-0.4, -0.2) is 45.3 Å². The van der Waals surface area contributed by atoms with E-state index < -0.39 is 0 Å². The predicted molar refractivity (Wildman–Crippen MR) is 110 cm³/mol. The molecule has 28 heavy (non-hydrogen) atoms. The van der Waals surface area contributed by atoms with Crippen LogP contribution < -0.4 is 25.4 Å². The summed E-state index contributed by atoms with van der Waals surface area (Å²) in [6.07, 6.45) is 6.55. The highest BCUT2D eigenvalue weighted by atomic mass is 16.5. The third kappa shape index (κ3) is 3.93. The Morgan fingerprint density at radius 2 is 1.71 bits per heavy atom. The molecule has 3 atom stereocenters. The number of fused-ring (bicyclic) bond motifs is 2. The molecule has 2 saturated carbocycles. The van der Waals surface area contributed by atoms with Crippen molar-refractivity contribution in [1.29, 1.82) is 0 Å². The third-order valence-electron chi connectivity index (χ3n) is 7.02. The molecule has 1 heterocycles. The number of anilines is 1. The zero-order valence-electron chi connectivity index (χ0n) is 17.0. The molecule has 1 amide bonds. The summed E-state index contributed by atoms with van der Waals surface area (Å²) < 4.78 is 10.8. The minimum Gasteiger partial charge on any atom is -0.497 e. The van der Waals surface area contributed by atoms with Crippen molar-refractivity contribution < 1.29 is 14.3 Å². The number of nitrogens with two attached hydrogens (primary N) is 1. The van der Waals surface area contributed by atoms with Gasteiger partial charge in [-0.15, -0.1) is 0 Å². The van der Waals surface area contributed by atoms with Crippen LogP contribution in [0, 0.1) is 17.8 Å². The number of amides is 1. The predicted octanol–water partition coefficient (Wildman–Crippen LogP) is 2.55. The molecule has 6 nitrogen and oxygen atoms in total. The first kappa shape index (κ1) is 19.4. The van der Waals surface area contributed by atoms with Crippen molar-refractivity contribution in [1.82, 2.24) is 5.32 Å². The standard InChI is InChI=1S/C22H33N3O3/c1-27-19-10-18(11-20(12-19)28-2)25-7-6-17(13-25)24-22(26)16-8-14-4-3-5-15(9-16)21(14)23/h10-12,14-17,21H,3-9,13,23H2,1-2H3,(H,24,26). The SMILES string of the molecule is COc1cc(OC)cc(N2CCC(NC(=O)C3CC4CCCC(C3)C4N)C2)c1. The Balaban J connectivity index is 1.35. The number of ether oxygens (including phenoxy) is 2. The number of carbonyl (C=O) groups is 1. The van der Waals surface area contributed by atoms with E-state index in [2.05, 4.69) is 10.2 Å². The second-order valence-corrected chi connectivity index (χ2v) is 8.71. The van der Waals surface area contributed by atoms with Crippen LogP contribution in [0.3, 0.4) is 0 Å². The molecular formula is C22H33N3O3. The van der Waals surface area contributed by atoms with Gasteiger partial charge in [-0.3, -0.25) is 4.79 Å². The smallest absolute Gasteiger partial charge is 0.223 e. The van der Waals surface area contributed by atoms with Crippen molar-refractivity contribution in [2.75, 3.05) is 32.2 Å².